The highest BCUT2D eigenvalue weighted by molar-refractivity contribution is 5.76. The average Bonchev–Trinajstić information content (AvgIpc) is 2.10. The fraction of sp³-hybridized carbons (Fsp3) is 0.750. The zero-order valence-electron chi connectivity index (χ0n) is 7.88. The van der Waals surface area contributed by atoms with Crippen molar-refractivity contribution in [1.29, 1.82) is 5.41 Å². The zero-order chi connectivity index (χ0) is 10.3. The standard InChI is InChI=1S/C8H17N3O2/c1-13-8(12)6(9)4-2-3-5-7(10)11/h6H,2-5,9H2,1H3,(H3,10,11). The Hall–Kier alpha value is -1.10. The number of carbonyl (C=O) groups is 1. The molecule has 76 valence electrons. The molecular formula is C8H17N3O2. The summed E-state index contributed by atoms with van der Waals surface area (Å²) in [5.74, 6) is -0.213. The lowest BCUT2D eigenvalue weighted by molar-refractivity contribution is -0.142. The first-order valence-corrected chi connectivity index (χ1v) is 4.24. The molecule has 0 fully saturated rings. The number of nitrogens with one attached hydrogen (secondary N) is 1. The Kier molecular flexibility index (Phi) is 5.88. The summed E-state index contributed by atoms with van der Waals surface area (Å²) in [4.78, 5) is 10.8. The number of rotatable bonds is 6. The number of carbonyl (C=O) groups excluding carboxylic acids is 1. The second kappa shape index (κ2) is 6.42. The van der Waals surface area contributed by atoms with E-state index < -0.39 is 6.04 Å². The topological polar surface area (TPSA) is 102 Å². The monoisotopic (exact) mass is 187 g/mol. The summed E-state index contributed by atoms with van der Waals surface area (Å²) >= 11 is 0. The number of esters is 1. The molecule has 1 unspecified atom stereocenters. The van der Waals surface area contributed by atoms with Crippen molar-refractivity contribution in [3.63, 3.8) is 0 Å². The van der Waals surface area contributed by atoms with Gasteiger partial charge < -0.3 is 16.2 Å². The Bertz CT molecular complexity index is 182. The van der Waals surface area contributed by atoms with E-state index >= 15 is 0 Å². The van der Waals surface area contributed by atoms with Crippen LogP contribution in [0.4, 0.5) is 0 Å². The average molecular weight is 187 g/mol. The minimum Gasteiger partial charge on any atom is -0.468 e. The van der Waals surface area contributed by atoms with Gasteiger partial charge in [-0.05, 0) is 12.8 Å². The van der Waals surface area contributed by atoms with E-state index in [1.165, 1.54) is 7.11 Å². The Balaban J connectivity index is 3.42. The summed E-state index contributed by atoms with van der Waals surface area (Å²) in [5, 5.41) is 6.96. The van der Waals surface area contributed by atoms with Crippen LogP contribution in [0.3, 0.4) is 0 Å². The van der Waals surface area contributed by atoms with E-state index in [2.05, 4.69) is 4.74 Å². The second-order valence-corrected chi connectivity index (χ2v) is 2.90. The van der Waals surface area contributed by atoms with E-state index in [1.54, 1.807) is 0 Å². The molecule has 0 aromatic heterocycles. The zero-order valence-corrected chi connectivity index (χ0v) is 7.88. The van der Waals surface area contributed by atoms with Crippen LogP contribution in [-0.2, 0) is 9.53 Å². The lowest BCUT2D eigenvalue weighted by Crippen LogP contribution is -2.31. The summed E-state index contributed by atoms with van der Waals surface area (Å²) in [6, 6.07) is -0.544. The van der Waals surface area contributed by atoms with Gasteiger partial charge in [0.2, 0.25) is 0 Å². The number of hydrogen-bond acceptors (Lipinski definition) is 4. The van der Waals surface area contributed by atoms with Crippen molar-refractivity contribution >= 4 is 11.8 Å². The maximum atomic E-state index is 10.8. The highest BCUT2D eigenvalue weighted by atomic mass is 16.5. The van der Waals surface area contributed by atoms with E-state index in [9.17, 15) is 4.79 Å². The molecule has 0 rings (SSSR count). The van der Waals surface area contributed by atoms with Crippen molar-refractivity contribution in [3.05, 3.63) is 0 Å². The molecule has 0 aliphatic rings. The highest BCUT2D eigenvalue weighted by Gasteiger charge is 2.12. The number of amidine groups is 1. The maximum Gasteiger partial charge on any atom is 0.322 e. The van der Waals surface area contributed by atoms with Crippen LogP contribution in [0.1, 0.15) is 25.7 Å². The van der Waals surface area contributed by atoms with Crippen LogP contribution >= 0.6 is 0 Å². The first-order chi connectivity index (χ1) is 6.07. The van der Waals surface area contributed by atoms with Crippen LogP contribution < -0.4 is 11.5 Å². The van der Waals surface area contributed by atoms with Crippen molar-refractivity contribution in [2.75, 3.05) is 7.11 Å². The first-order valence-electron chi connectivity index (χ1n) is 4.24. The highest BCUT2D eigenvalue weighted by Crippen LogP contribution is 2.02. The molecule has 0 aromatic carbocycles. The molecule has 1 atom stereocenters. The molecule has 0 bridgehead atoms. The third-order valence-corrected chi connectivity index (χ3v) is 1.72. The molecule has 0 saturated heterocycles. The minimum absolute atomic E-state index is 0.173. The van der Waals surface area contributed by atoms with Gasteiger partial charge in [0.25, 0.3) is 0 Å². The summed E-state index contributed by atoms with van der Waals surface area (Å²) in [7, 11) is 1.32. The molecule has 0 aliphatic heterocycles. The summed E-state index contributed by atoms with van der Waals surface area (Å²) in [6.45, 7) is 0. The molecule has 0 aromatic rings. The van der Waals surface area contributed by atoms with E-state index in [-0.39, 0.29) is 11.8 Å². The molecule has 13 heavy (non-hydrogen) atoms. The van der Waals surface area contributed by atoms with E-state index in [1.807, 2.05) is 0 Å². The molecular weight excluding hydrogens is 170 g/mol. The van der Waals surface area contributed by atoms with Gasteiger partial charge in [0.15, 0.2) is 0 Å². The molecule has 0 amide bonds. The molecule has 5 N–H and O–H groups in total. The Morgan fingerprint density at radius 1 is 1.54 bits per heavy atom. The summed E-state index contributed by atoms with van der Waals surface area (Å²) in [5.41, 5.74) is 10.6. The predicted molar refractivity (Wildman–Crippen MR) is 50.4 cm³/mol. The van der Waals surface area contributed by atoms with E-state index in [4.69, 9.17) is 16.9 Å². The minimum atomic E-state index is -0.544. The van der Waals surface area contributed by atoms with Gasteiger partial charge in [-0.15, -0.1) is 0 Å². The maximum absolute atomic E-state index is 10.8. The molecule has 0 aliphatic carbocycles. The molecule has 0 saturated carbocycles. The second-order valence-electron chi connectivity index (χ2n) is 2.90. The van der Waals surface area contributed by atoms with Gasteiger partial charge in [-0.1, -0.05) is 6.42 Å². The van der Waals surface area contributed by atoms with Gasteiger partial charge in [0, 0.05) is 6.42 Å². The SMILES string of the molecule is COC(=O)C(N)CCCCC(=N)N. The van der Waals surface area contributed by atoms with Crippen LogP contribution in [0, 0.1) is 5.41 Å². The Morgan fingerprint density at radius 2 is 2.15 bits per heavy atom. The smallest absolute Gasteiger partial charge is 0.322 e. The Morgan fingerprint density at radius 3 is 2.62 bits per heavy atom. The molecule has 5 nitrogen and oxygen atoms in total. The van der Waals surface area contributed by atoms with Gasteiger partial charge in [-0.25, -0.2) is 0 Å². The van der Waals surface area contributed by atoms with Crippen LogP contribution in [0.25, 0.3) is 0 Å². The summed E-state index contributed by atoms with van der Waals surface area (Å²) in [6.07, 6.45) is 2.73. The fourth-order valence-electron chi connectivity index (χ4n) is 0.949. The van der Waals surface area contributed by atoms with Crippen molar-refractivity contribution in [2.45, 2.75) is 31.7 Å². The number of methoxy groups -OCH3 is 1. The van der Waals surface area contributed by atoms with E-state index in [0.717, 1.165) is 12.8 Å². The first kappa shape index (κ1) is 11.9. The van der Waals surface area contributed by atoms with Gasteiger partial charge in [0.1, 0.15) is 6.04 Å². The molecule has 0 spiro atoms. The van der Waals surface area contributed by atoms with Crippen LogP contribution in [0.15, 0.2) is 0 Å². The molecule has 0 heterocycles. The number of unbranched alkanes of at least 4 members (excludes halogenated alkanes) is 1. The van der Waals surface area contributed by atoms with Gasteiger partial charge in [0.05, 0.1) is 12.9 Å². The Labute approximate surface area is 77.9 Å². The quantitative estimate of drug-likeness (QED) is 0.235. The molecule has 5 heteroatoms. The largest absolute Gasteiger partial charge is 0.468 e. The van der Waals surface area contributed by atoms with Gasteiger partial charge in [-0.3, -0.25) is 10.2 Å². The third-order valence-electron chi connectivity index (χ3n) is 1.72. The number of nitrogens with two attached hydrogens (primary N) is 2. The van der Waals surface area contributed by atoms with E-state index in [0.29, 0.717) is 12.8 Å². The number of ether oxygens (including phenoxy) is 1. The van der Waals surface area contributed by atoms with Gasteiger partial charge >= 0.3 is 5.97 Å². The normalized spacial score (nSPS) is 12.2. The van der Waals surface area contributed by atoms with Crippen molar-refractivity contribution in [3.8, 4) is 0 Å². The summed E-state index contributed by atoms with van der Waals surface area (Å²) < 4.78 is 4.46. The van der Waals surface area contributed by atoms with Crippen LogP contribution in [-0.4, -0.2) is 25.0 Å². The van der Waals surface area contributed by atoms with Crippen molar-refractivity contribution in [2.24, 2.45) is 11.5 Å². The fourth-order valence-corrected chi connectivity index (χ4v) is 0.949. The lowest BCUT2D eigenvalue weighted by atomic mass is 10.1. The molecule has 0 radical (unpaired) electrons. The predicted octanol–water partition coefficient (Wildman–Crippen LogP) is -0.0169. The van der Waals surface area contributed by atoms with Gasteiger partial charge in [-0.2, -0.15) is 0 Å². The lowest BCUT2D eigenvalue weighted by Gasteiger charge is -2.07. The van der Waals surface area contributed by atoms with Crippen molar-refractivity contribution in [1.82, 2.24) is 0 Å². The number of hydrogen-bond donors (Lipinski definition) is 3. The van der Waals surface area contributed by atoms with Crippen LogP contribution in [0.5, 0.6) is 0 Å². The third kappa shape index (κ3) is 6.10. The van der Waals surface area contributed by atoms with Crippen LogP contribution in [0.2, 0.25) is 0 Å². The van der Waals surface area contributed by atoms with Crippen molar-refractivity contribution < 1.29 is 9.53 Å².